The molecular weight excluding hydrogens is 281 g/mol. The van der Waals surface area contributed by atoms with Gasteiger partial charge in [-0.3, -0.25) is 0 Å². The first-order valence-corrected chi connectivity index (χ1v) is 7.68. The molecule has 0 saturated heterocycles. The molecule has 4 heteroatoms. The van der Waals surface area contributed by atoms with Gasteiger partial charge in [0, 0.05) is 15.6 Å². The minimum absolute atomic E-state index is 0.478. The lowest BCUT2D eigenvalue weighted by Crippen LogP contribution is -2.29. The molecule has 0 aliphatic heterocycles. The summed E-state index contributed by atoms with van der Waals surface area (Å²) in [6.07, 6.45) is 5.04. The van der Waals surface area contributed by atoms with Crippen LogP contribution in [-0.4, -0.2) is 13.2 Å². The van der Waals surface area contributed by atoms with E-state index in [1.165, 1.54) is 25.7 Å². The molecule has 0 bridgehead atoms. The van der Waals surface area contributed by atoms with Crippen molar-refractivity contribution in [2.75, 3.05) is 13.2 Å². The summed E-state index contributed by atoms with van der Waals surface area (Å²) in [5.74, 6) is 1.19. The molecule has 1 aromatic rings. The summed E-state index contributed by atoms with van der Waals surface area (Å²) < 4.78 is 5.83. The summed E-state index contributed by atoms with van der Waals surface area (Å²) in [7, 11) is 0. The normalized spacial score (nSPS) is 23.5. The standard InChI is InChI=1S/C15H21Cl2NO/c16-14-6-3-7-15(17)13(14)10-19-9-12-5-2-1-4-11(12)8-18/h3,6-7,11-12H,1-2,4-5,8-10,18H2. The molecule has 1 aromatic carbocycles. The second kappa shape index (κ2) is 7.49. The lowest BCUT2D eigenvalue weighted by molar-refractivity contribution is 0.0513. The van der Waals surface area contributed by atoms with Crippen LogP contribution in [0.25, 0.3) is 0 Å². The Hall–Kier alpha value is -0.280. The van der Waals surface area contributed by atoms with Crippen molar-refractivity contribution in [3.05, 3.63) is 33.8 Å². The predicted molar refractivity (Wildman–Crippen MR) is 80.6 cm³/mol. The maximum atomic E-state index is 6.12. The van der Waals surface area contributed by atoms with Crippen LogP contribution in [0.3, 0.4) is 0 Å². The lowest BCUT2D eigenvalue weighted by atomic mass is 9.80. The quantitative estimate of drug-likeness (QED) is 0.881. The number of nitrogens with two attached hydrogens (primary N) is 1. The van der Waals surface area contributed by atoms with Gasteiger partial charge >= 0.3 is 0 Å². The molecule has 2 atom stereocenters. The summed E-state index contributed by atoms with van der Waals surface area (Å²) >= 11 is 12.2. The first-order chi connectivity index (χ1) is 9.22. The molecule has 0 spiro atoms. The van der Waals surface area contributed by atoms with Crippen molar-refractivity contribution < 1.29 is 4.74 Å². The average molecular weight is 302 g/mol. The van der Waals surface area contributed by atoms with Gasteiger partial charge in [0.05, 0.1) is 13.2 Å². The molecule has 1 fully saturated rings. The topological polar surface area (TPSA) is 35.2 Å². The van der Waals surface area contributed by atoms with Crippen LogP contribution in [-0.2, 0) is 11.3 Å². The van der Waals surface area contributed by atoms with E-state index in [1.54, 1.807) is 0 Å². The molecule has 0 heterocycles. The molecule has 2 rings (SSSR count). The van der Waals surface area contributed by atoms with Gasteiger partial charge in [0.15, 0.2) is 0 Å². The predicted octanol–water partition coefficient (Wildman–Crippen LogP) is 4.28. The van der Waals surface area contributed by atoms with Crippen molar-refractivity contribution in [2.45, 2.75) is 32.3 Å². The first-order valence-electron chi connectivity index (χ1n) is 6.93. The molecule has 2 unspecified atom stereocenters. The summed E-state index contributed by atoms with van der Waals surface area (Å²) in [4.78, 5) is 0. The van der Waals surface area contributed by atoms with Crippen LogP contribution in [0.2, 0.25) is 10.0 Å². The van der Waals surface area contributed by atoms with Crippen molar-refractivity contribution >= 4 is 23.2 Å². The molecule has 0 radical (unpaired) electrons. The third-order valence-corrected chi connectivity index (χ3v) is 4.72. The summed E-state index contributed by atoms with van der Waals surface area (Å²) in [5, 5.41) is 1.35. The van der Waals surface area contributed by atoms with E-state index in [-0.39, 0.29) is 0 Å². The fourth-order valence-corrected chi connectivity index (χ4v) is 3.30. The van der Waals surface area contributed by atoms with Crippen molar-refractivity contribution in [1.82, 2.24) is 0 Å². The van der Waals surface area contributed by atoms with E-state index in [0.717, 1.165) is 18.7 Å². The second-order valence-corrected chi connectivity index (χ2v) is 6.07. The van der Waals surface area contributed by atoms with E-state index in [9.17, 15) is 0 Å². The van der Waals surface area contributed by atoms with Gasteiger partial charge in [0.1, 0.15) is 0 Å². The van der Waals surface area contributed by atoms with Crippen LogP contribution in [0, 0.1) is 11.8 Å². The molecule has 1 aliphatic rings. The van der Waals surface area contributed by atoms with Crippen LogP contribution in [0.15, 0.2) is 18.2 Å². The van der Waals surface area contributed by atoms with E-state index in [1.807, 2.05) is 18.2 Å². The third-order valence-electron chi connectivity index (χ3n) is 4.01. The zero-order valence-electron chi connectivity index (χ0n) is 11.1. The van der Waals surface area contributed by atoms with Gasteiger partial charge in [-0.2, -0.15) is 0 Å². The van der Waals surface area contributed by atoms with Crippen molar-refractivity contribution in [3.8, 4) is 0 Å². The first kappa shape index (κ1) is 15.1. The number of hydrogen-bond acceptors (Lipinski definition) is 2. The van der Waals surface area contributed by atoms with Crippen LogP contribution in [0.1, 0.15) is 31.2 Å². The number of hydrogen-bond donors (Lipinski definition) is 1. The summed E-state index contributed by atoms with van der Waals surface area (Å²) in [6.45, 7) is 2.00. The Labute approximate surface area is 125 Å². The highest BCUT2D eigenvalue weighted by Crippen LogP contribution is 2.30. The number of ether oxygens (including phenoxy) is 1. The molecule has 106 valence electrons. The molecule has 1 saturated carbocycles. The number of rotatable bonds is 5. The van der Waals surface area contributed by atoms with E-state index >= 15 is 0 Å². The zero-order chi connectivity index (χ0) is 13.7. The maximum absolute atomic E-state index is 6.12. The Morgan fingerprint density at radius 1 is 1.11 bits per heavy atom. The SMILES string of the molecule is NCC1CCCCC1COCc1c(Cl)cccc1Cl. The van der Waals surface area contributed by atoms with Crippen LogP contribution in [0.5, 0.6) is 0 Å². The Balaban J connectivity index is 1.86. The fourth-order valence-electron chi connectivity index (χ4n) is 2.80. The largest absolute Gasteiger partial charge is 0.376 e. The van der Waals surface area contributed by atoms with E-state index in [2.05, 4.69) is 0 Å². The Bertz CT molecular complexity index is 391. The molecule has 0 aromatic heterocycles. The Kier molecular flexibility index (Phi) is 5.96. The third kappa shape index (κ3) is 4.09. The molecule has 2 nitrogen and oxygen atoms in total. The van der Waals surface area contributed by atoms with E-state index in [0.29, 0.717) is 28.5 Å². The van der Waals surface area contributed by atoms with Crippen LogP contribution < -0.4 is 5.73 Å². The number of halogens is 2. The summed E-state index contributed by atoms with van der Waals surface area (Å²) in [6, 6.07) is 5.53. The molecular formula is C15H21Cl2NO. The molecule has 2 N–H and O–H groups in total. The molecule has 19 heavy (non-hydrogen) atoms. The van der Waals surface area contributed by atoms with Gasteiger partial charge in [-0.1, -0.05) is 42.1 Å². The van der Waals surface area contributed by atoms with Gasteiger partial charge in [-0.15, -0.1) is 0 Å². The minimum atomic E-state index is 0.478. The number of benzene rings is 1. The Morgan fingerprint density at radius 2 is 1.74 bits per heavy atom. The minimum Gasteiger partial charge on any atom is -0.376 e. The van der Waals surface area contributed by atoms with Crippen LogP contribution in [0.4, 0.5) is 0 Å². The van der Waals surface area contributed by atoms with Crippen molar-refractivity contribution in [3.63, 3.8) is 0 Å². The second-order valence-electron chi connectivity index (χ2n) is 5.26. The highest BCUT2D eigenvalue weighted by Gasteiger charge is 2.24. The van der Waals surface area contributed by atoms with Gasteiger partial charge in [-0.05, 0) is 43.4 Å². The van der Waals surface area contributed by atoms with Gasteiger partial charge in [0.2, 0.25) is 0 Å². The fraction of sp³-hybridized carbons (Fsp3) is 0.600. The van der Waals surface area contributed by atoms with Gasteiger partial charge in [-0.25, -0.2) is 0 Å². The molecule has 1 aliphatic carbocycles. The van der Waals surface area contributed by atoms with Crippen molar-refractivity contribution in [1.29, 1.82) is 0 Å². The van der Waals surface area contributed by atoms with Gasteiger partial charge in [0.25, 0.3) is 0 Å². The van der Waals surface area contributed by atoms with E-state index in [4.69, 9.17) is 33.7 Å². The maximum Gasteiger partial charge on any atom is 0.0746 e. The van der Waals surface area contributed by atoms with E-state index < -0.39 is 0 Å². The lowest BCUT2D eigenvalue weighted by Gasteiger charge is -2.30. The summed E-state index contributed by atoms with van der Waals surface area (Å²) in [5.41, 5.74) is 6.71. The highest BCUT2D eigenvalue weighted by molar-refractivity contribution is 6.35. The molecule has 0 amide bonds. The highest BCUT2D eigenvalue weighted by atomic mass is 35.5. The monoisotopic (exact) mass is 301 g/mol. The zero-order valence-corrected chi connectivity index (χ0v) is 12.6. The van der Waals surface area contributed by atoms with Gasteiger partial charge < -0.3 is 10.5 Å². The Morgan fingerprint density at radius 3 is 2.37 bits per heavy atom. The van der Waals surface area contributed by atoms with Crippen LogP contribution >= 0.6 is 23.2 Å². The average Bonchev–Trinajstić information content (AvgIpc) is 2.42. The smallest absolute Gasteiger partial charge is 0.0746 e. The van der Waals surface area contributed by atoms with Crippen molar-refractivity contribution in [2.24, 2.45) is 17.6 Å².